The first-order valence-electron chi connectivity index (χ1n) is 3.72. The zero-order valence-electron chi connectivity index (χ0n) is 8.68. The first-order valence-corrected chi connectivity index (χ1v) is 7.17. The minimum absolute atomic E-state index is 0. The molecule has 4 nitrogen and oxygen atoms in total. The molecule has 0 saturated heterocycles. The van der Waals surface area contributed by atoms with E-state index >= 15 is 0 Å². The van der Waals surface area contributed by atoms with Gasteiger partial charge in [0.2, 0.25) is 0 Å². The second kappa shape index (κ2) is 13.6. The Balaban J connectivity index is -0.000000202. The Morgan fingerprint density at radius 1 is 1.13 bits per heavy atom. The third-order valence-electron chi connectivity index (χ3n) is 0.992. The minimum atomic E-state index is -3.08. The van der Waals surface area contributed by atoms with E-state index in [1.165, 1.54) is 6.26 Å². The summed E-state index contributed by atoms with van der Waals surface area (Å²) in [4.78, 5) is 0. The zero-order chi connectivity index (χ0) is 9.61. The molecule has 0 aromatic rings. The van der Waals surface area contributed by atoms with Crippen LogP contribution < -0.4 is 24.8 Å². The third-order valence-corrected chi connectivity index (χ3v) is 5.01. The van der Waals surface area contributed by atoms with Crippen LogP contribution in [0.4, 0.5) is 0 Å². The molecule has 0 heterocycles. The zero-order valence-corrected chi connectivity index (χ0v) is 14.2. The van der Waals surface area contributed by atoms with Crippen LogP contribution in [-0.2, 0) is 45.5 Å². The van der Waals surface area contributed by atoms with Gasteiger partial charge in [0, 0.05) is 17.1 Å². The summed E-state index contributed by atoms with van der Waals surface area (Å²) in [5.41, 5.74) is -0.0192. The van der Waals surface area contributed by atoms with Crippen LogP contribution in [0, 0.1) is 0 Å². The Labute approximate surface area is 120 Å². The predicted molar refractivity (Wildman–Crippen MR) is 49.8 cm³/mol. The van der Waals surface area contributed by atoms with Crippen LogP contribution in [0.2, 0.25) is 0 Å². The largest absolute Gasteiger partial charge is 2.00 e. The average Bonchev–Trinajstić information content (AvgIpc) is 1.85. The number of hydrogen-bond acceptors (Lipinski definition) is 4. The van der Waals surface area contributed by atoms with Crippen LogP contribution in [-0.4, -0.2) is 29.2 Å². The molecule has 0 saturated carbocycles. The van der Waals surface area contributed by atoms with Gasteiger partial charge in [-0.15, -0.1) is 0 Å². The topological polar surface area (TPSA) is 52.6 Å². The van der Waals surface area contributed by atoms with E-state index in [4.69, 9.17) is 9.05 Å². The molecule has 0 aliphatic heterocycles. The van der Waals surface area contributed by atoms with Crippen LogP contribution in [0.3, 0.4) is 0 Å². The normalized spacial score (nSPS) is 11.7. The minimum Gasteiger partial charge on any atom is -1.00 e. The summed E-state index contributed by atoms with van der Waals surface area (Å²) in [5, 5.41) is 0. The van der Waals surface area contributed by atoms with E-state index in [1.807, 2.05) is 0 Å². The van der Waals surface area contributed by atoms with Crippen molar-refractivity contribution in [2.45, 2.75) is 13.8 Å². The Hall–Kier alpha value is 1.57. The molecular weight excluding hydrogens is 465 g/mol. The molecule has 9 heteroatoms. The van der Waals surface area contributed by atoms with Gasteiger partial charge in [-0.2, -0.15) is 0 Å². The fraction of sp³-hybridized carbons (Fsp3) is 1.00. The van der Waals surface area contributed by atoms with Gasteiger partial charge in [0.15, 0.2) is 0 Å². The van der Waals surface area contributed by atoms with Crippen molar-refractivity contribution in [1.82, 2.24) is 0 Å². The van der Waals surface area contributed by atoms with Crippen LogP contribution in [0.5, 0.6) is 0 Å². The predicted octanol–water partition coefficient (Wildman–Crippen LogP) is -4.41. The van der Waals surface area contributed by atoms with Crippen molar-refractivity contribution < 1.29 is 63.7 Å². The quantitative estimate of drug-likeness (QED) is 0.361. The Bertz CT molecular complexity index is 198. The Kier molecular flexibility index (Phi) is 23.1. The van der Waals surface area contributed by atoms with Crippen molar-refractivity contribution in [2.75, 3.05) is 25.0 Å². The molecule has 15 heavy (non-hydrogen) atoms. The van der Waals surface area contributed by atoms with Crippen molar-refractivity contribution in [3.05, 3.63) is 0 Å². The smallest absolute Gasteiger partial charge is 1.00 e. The molecule has 98 valence electrons. The summed E-state index contributed by atoms with van der Waals surface area (Å²) in [6.07, 6.45) is 1.48. The van der Waals surface area contributed by atoms with Gasteiger partial charge in [0.05, 0.1) is 13.2 Å². The van der Waals surface area contributed by atoms with Gasteiger partial charge < -0.3 is 33.9 Å². The van der Waals surface area contributed by atoms with Crippen LogP contribution >= 0.6 is 7.60 Å². The van der Waals surface area contributed by atoms with E-state index in [1.54, 1.807) is 13.8 Å². The standard InChI is InChI=1S/C6H15O4PS.2ClH.Pt/c1-4-9-11(7,10-5-2)6-12(3)8;;;/h4-6H2,1-3H3;2*1H;/q;;;+2/p-2. The maximum atomic E-state index is 11.6. The maximum absolute atomic E-state index is 11.6. The summed E-state index contributed by atoms with van der Waals surface area (Å²) in [5.74, 6) is 0. The molecule has 0 spiro atoms. The molecular formula is C6H15Cl2O4PPtS. The number of halogens is 2. The van der Waals surface area contributed by atoms with Crippen molar-refractivity contribution in [1.29, 1.82) is 0 Å². The van der Waals surface area contributed by atoms with E-state index in [9.17, 15) is 8.77 Å². The van der Waals surface area contributed by atoms with Gasteiger partial charge in [-0.1, -0.05) is 0 Å². The molecule has 0 aliphatic rings. The van der Waals surface area contributed by atoms with Gasteiger partial charge in [0.1, 0.15) is 5.49 Å². The molecule has 0 N–H and O–H groups in total. The number of hydrogen-bond donors (Lipinski definition) is 0. The molecule has 0 aromatic heterocycles. The van der Waals surface area contributed by atoms with Crippen molar-refractivity contribution >= 4 is 18.4 Å². The van der Waals surface area contributed by atoms with Crippen molar-refractivity contribution in [3.63, 3.8) is 0 Å². The van der Waals surface area contributed by atoms with Crippen LogP contribution in [0.25, 0.3) is 0 Å². The molecule has 0 aromatic carbocycles. The van der Waals surface area contributed by atoms with Gasteiger partial charge in [-0.25, -0.2) is 0 Å². The summed E-state index contributed by atoms with van der Waals surface area (Å²) < 4.78 is 32.2. The van der Waals surface area contributed by atoms with E-state index < -0.39 is 18.4 Å². The van der Waals surface area contributed by atoms with Gasteiger partial charge in [0.25, 0.3) is 0 Å². The summed E-state index contributed by atoms with van der Waals surface area (Å²) in [6.45, 7) is 4.08. The van der Waals surface area contributed by atoms with Crippen molar-refractivity contribution in [3.8, 4) is 0 Å². The maximum Gasteiger partial charge on any atom is 2.00 e. The average molecular weight is 480 g/mol. The summed E-state index contributed by atoms with van der Waals surface area (Å²) in [6, 6.07) is 0. The summed E-state index contributed by atoms with van der Waals surface area (Å²) in [7, 11) is -4.23. The first kappa shape index (κ1) is 25.4. The van der Waals surface area contributed by atoms with Gasteiger partial charge >= 0.3 is 28.7 Å². The van der Waals surface area contributed by atoms with E-state index in [-0.39, 0.29) is 51.4 Å². The first-order chi connectivity index (χ1) is 5.54. The number of rotatable bonds is 6. The third kappa shape index (κ3) is 13.5. The Morgan fingerprint density at radius 3 is 1.67 bits per heavy atom. The molecule has 0 rings (SSSR count). The van der Waals surface area contributed by atoms with Gasteiger partial charge in [-0.3, -0.25) is 8.77 Å². The molecule has 0 aliphatic carbocycles. The monoisotopic (exact) mass is 479 g/mol. The van der Waals surface area contributed by atoms with Crippen LogP contribution in [0.1, 0.15) is 13.8 Å². The second-order valence-corrected chi connectivity index (χ2v) is 6.07. The van der Waals surface area contributed by atoms with Gasteiger partial charge in [-0.05, 0) is 13.8 Å². The molecule has 1 unspecified atom stereocenters. The van der Waals surface area contributed by atoms with Crippen molar-refractivity contribution in [2.24, 2.45) is 0 Å². The molecule has 0 radical (unpaired) electrons. The molecule has 0 amide bonds. The molecule has 1 atom stereocenters. The molecule has 0 fully saturated rings. The van der Waals surface area contributed by atoms with E-state index in [0.717, 1.165) is 0 Å². The van der Waals surface area contributed by atoms with E-state index in [0.29, 0.717) is 13.2 Å². The summed E-state index contributed by atoms with van der Waals surface area (Å²) >= 11 is 0. The molecule has 0 bridgehead atoms. The second-order valence-electron chi connectivity index (χ2n) is 2.15. The Morgan fingerprint density at radius 2 is 1.47 bits per heavy atom. The van der Waals surface area contributed by atoms with E-state index in [2.05, 4.69) is 0 Å². The fourth-order valence-electron chi connectivity index (χ4n) is 0.728. The van der Waals surface area contributed by atoms with Crippen LogP contribution in [0.15, 0.2) is 0 Å². The SMILES string of the molecule is CCOP(=O)(CS(C)=O)OCC.[Cl-].[Cl-].[Pt+2]. The fourth-order valence-corrected chi connectivity index (χ4v) is 3.97.